The van der Waals surface area contributed by atoms with Crippen LogP contribution in [0, 0.1) is 41.5 Å². The fourth-order valence-corrected chi connectivity index (χ4v) is 5.66. The minimum Gasteiger partial charge on any atom is -1.00 e. The third-order valence-electron chi connectivity index (χ3n) is 7.01. The van der Waals surface area contributed by atoms with Crippen molar-refractivity contribution in [3.63, 3.8) is 0 Å². The van der Waals surface area contributed by atoms with E-state index < -0.39 is 0 Å². The van der Waals surface area contributed by atoms with E-state index >= 15 is 0 Å². The van der Waals surface area contributed by atoms with Crippen LogP contribution in [0.1, 0.15) is 79.3 Å². The number of halogens is 2. The molecule has 0 aliphatic carbocycles. The number of anilines is 2. The summed E-state index contributed by atoms with van der Waals surface area (Å²) in [7, 11) is 0. The molecule has 4 aromatic rings. The van der Waals surface area contributed by atoms with Gasteiger partial charge in [-0.25, -0.2) is 0 Å². The standard InChI is InChI=1S/C21H26N2S.C7H16.2C5H5N.2ClH.Ru/c1-13-9-15(3)19(16(4)10-13)22-7-8-23(21(22)24)20-17(5)11-14(2)12-18(20)6;1-3-5-7-6-4-2;2*1-2-4-6-5-3-1;;;/h7-12,21,24H,1-6H3;3-7H2,1-2H3;2*1-5H;2*1H;/p-2. The van der Waals surface area contributed by atoms with Crippen LogP contribution < -0.4 is 34.6 Å². The predicted molar refractivity (Wildman–Crippen MR) is 191 cm³/mol. The Kier molecular flexibility index (Phi) is 25.6. The van der Waals surface area contributed by atoms with E-state index in [2.05, 4.69) is 112 Å². The number of nitrogens with zero attached hydrogens (tertiary/aromatic N) is 4. The minimum absolute atomic E-state index is 0. The molecule has 3 heterocycles. The zero-order valence-corrected chi connectivity index (χ0v) is 32.8. The third-order valence-corrected chi connectivity index (χ3v) is 7.51. The molecule has 0 saturated heterocycles. The Morgan fingerprint density at radius 1 is 0.543 bits per heavy atom. The van der Waals surface area contributed by atoms with E-state index in [9.17, 15) is 0 Å². The molecule has 0 saturated carbocycles. The van der Waals surface area contributed by atoms with Gasteiger partial charge in [-0.15, -0.1) is 12.6 Å². The zero-order valence-electron chi connectivity index (χ0n) is 28.7. The molecule has 0 fully saturated rings. The molecule has 0 spiro atoms. The first-order valence-electron chi connectivity index (χ1n) is 15.5. The van der Waals surface area contributed by atoms with E-state index in [0.717, 1.165) is 0 Å². The number of thiol groups is 1. The van der Waals surface area contributed by atoms with E-state index in [1.165, 1.54) is 76.9 Å². The van der Waals surface area contributed by atoms with Crippen molar-refractivity contribution in [3.8, 4) is 0 Å². The van der Waals surface area contributed by atoms with Gasteiger partial charge in [-0.1, -0.05) is 93.5 Å². The quantitative estimate of drug-likeness (QED) is 0.176. The first-order valence-corrected chi connectivity index (χ1v) is 16.0. The maximum absolute atomic E-state index is 4.94. The van der Waals surface area contributed by atoms with Crippen LogP contribution in [0.5, 0.6) is 0 Å². The molecule has 2 aromatic heterocycles. The van der Waals surface area contributed by atoms with Crippen molar-refractivity contribution in [2.24, 2.45) is 0 Å². The second-order valence-corrected chi connectivity index (χ2v) is 11.5. The molecular weight excluding hydrogens is 716 g/mol. The van der Waals surface area contributed by atoms with Crippen LogP contribution in [0.3, 0.4) is 0 Å². The molecule has 0 radical (unpaired) electrons. The number of pyridine rings is 2. The Bertz CT molecular complexity index is 1170. The van der Waals surface area contributed by atoms with Crippen molar-refractivity contribution in [2.45, 2.75) is 93.0 Å². The van der Waals surface area contributed by atoms with Gasteiger partial charge in [0.15, 0.2) is 5.50 Å². The van der Waals surface area contributed by atoms with Gasteiger partial charge in [0.05, 0.1) is 0 Å². The van der Waals surface area contributed by atoms with Crippen LogP contribution in [0.25, 0.3) is 0 Å². The first kappa shape index (κ1) is 45.8. The number of aromatic nitrogens is 2. The fraction of sp³-hybridized carbons (Fsp3) is 0.368. The summed E-state index contributed by atoms with van der Waals surface area (Å²) in [5, 5.41) is 0. The Morgan fingerprint density at radius 3 is 1.07 bits per heavy atom. The van der Waals surface area contributed by atoms with Gasteiger partial charge in [-0.05, 0) is 88.1 Å². The third kappa shape index (κ3) is 15.5. The minimum atomic E-state index is -0.0368. The first-order chi connectivity index (χ1) is 20.7. The van der Waals surface area contributed by atoms with Crippen LogP contribution in [0.2, 0.25) is 0 Å². The van der Waals surface area contributed by atoms with E-state index in [0.29, 0.717) is 0 Å². The van der Waals surface area contributed by atoms with Gasteiger partial charge < -0.3 is 34.6 Å². The molecule has 2 aromatic carbocycles. The van der Waals surface area contributed by atoms with Gasteiger partial charge in [0, 0.05) is 68.0 Å². The van der Waals surface area contributed by atoms with Gasteiger partial charge >= 0.3 is 0 Å². The Balaban J connectivity index is 0. The summed E-state index contributed by atoms with van der Waals surface area (Å²) < 4.78 is 0. The average molecular weight is 769 g/mol. The maximum Gasteiger partial charge on any atom is 0.155 e. The number of hydrogen-bond acceptors (Lipinski definition) is 5. The van der Waals surface area contributed by atoms with Crippen LogP contribution in [0.4, 0.5) is 11.4 Å². The number of unbranched alkanes of at least 4 members (excludes halogenated alkanes) is 4. The van der Waals surface area contributed by atoms with Crippen molar-refractivity contribution in [3.05, 3.63) is 131 Å². The van der Waals surface area contributed by atoms with Gasteiger partial charge in [-0.2, -0.15) is 0 Å². The van der Waals surface area contributed by atoms with Gasteiger partial charge in [0.25, 0.3) is 0 Å². The Labute approximate surface area is 310 Å². The fourth-order valence-electron chi connectivity index (χ4n) is 5.27. The second kappa shape index (κ2) is 25.7. The van der Waals surface area contributed by atoms with Gasteiger partial charge in [-0.3, -0.25) is 9.97 Å². The van der Waals surface area contributed by atoms with Crippen LogP contribution in [0.15, 0.2) is 97.9 Å². The predicted octanol–water partition coefficient (Wildman–Crippen LogP) is 4.69. The van der Waals surface area contributed by atoms with E-state index in [1.807, 2.05) is 36.4 Å². The molecule has 0 amide bonds. The summed E-state index contributed by atoms with van der Waals surface area (Å²) in [4.78, 5) is 12.1. The molecule has 8 heteroatoms. The summed E-state index contributed by atoms with van der Waals surface area (Å²) in [6, 6.07) is 20.4. The zero-order chi connectivity index (χ0) is 31.6. The summed E-state index contributed by atoms with van der Waals surface area (Å²) >= 11 is 4.94. The molecular formula is C38H52Cl2N4RuS-2. The van der Waals surface area contributed by atoms with Crippen molar-refractivity contribution < 1.29 is 44.3 Å². The van der Waals surface area contributed by atoms with E-state index in [-0.39, 0.29) is 49.8 Å². The van der Waals surface area contributed by atoms with Crippen LogP contribution >= 0.6 is 12.6 Å². The number of aryl methyl sites for hydroxylation is 6. The average Bonchev–Trinajstić information content (AvgIpc) is 3.35. The summed E-state index contributed by atoms with van der Waals surface area (Å²) in [5.74, 6) is 0. The largest absolute Gasteiger partial charge is 1.00 e. The van der Waals surface area contributed by atoms with Gasteiger partial charge in [0.2, 0.25) is 0 Å². The molecule has 0 bridgehead atoms. The van der Waals surface area contributed by atoms with Crippen molar-refractivity contribution in [1.29, 1.82) is 0 Å². The van der Waals surface area contributed by atoms with Gasteiger partial charge in [0.1, 0.15) is 0 Å². The summed E-state index contributed by atoms with van der Waals surface area (Å²) in [5.41, 5.74) is 10.2. The summed E-state index contributed by atoms with van der Waals surface area (Å²) in [6.07, 6.45) is 18.3. The SMILES string of the molecule is CCCCCCC.Cc1cc(C)c(N2C=CN(c3c(C)cc(C)cc3C)C2S)c(C)c1.[Cl-].[Cl-].[Ru].c1ccncc1.c1ccncc1. The summed E-state index contributed by atoms with van der Waals surface area (Å²) in [6.45, 7) is 17.5. The molecule has 46 heavy (non-hydrogen) atoms. The molecule has 0 unspecified atom stereocenters. The van der Waals surface area contributed by atoms with E-state index in [4.69, 9.17) is 12.6 Å². The molecule has 1 aliphatic rings. The molecule has 4 nitrogen and oxygen atoms in total. The van der Waals surface area contributed by atoms with Crippen molar-refractivity contribution in [1.82, 2.24) is 9.97 Å². The van der Waals surface area contributed by atoms with Crippen LogP contribution in [-0.4, -0.2) is 15.5 Å². The number of benzene rings is 2. The topological polar surface area (TPSA) is 32.3 Å². The normalized spacial score (nSPS) is 11.2. The molecule has 0 atom stereocenters. The molecule has 1 aliphatic heterocycles. The van der Waals surface area contributed by atoms with Crippen LogP contribution in [-0.2, 0) is 19.5 Å². The second-order valence-electron chi connectivity index (χ2n) is 11.1. The maximum atomic E-state index is 4.94. The molecule has 254 valence electrons. The Hall–Kier alpha value is -2.37. The Morgan fingerprint density at radius 2 is 0.848 bits per heavy atom. The monoisotopic (exact) mass is 768 g/mol. The molecule has 5 rings (SSSR count). The smallest absolute Gasteiger partial charge is 0.155 e. The number of rotatable bonds is 6. The van der Waals surface area contributed by atoms with E-state index in [1.54, 1.807) is 24.8 Å². The number of hydrogen-bond donors (Lipinski definition) is 1. The van der Waals surface area contributed by atoms with Crippen molar-refractivity contribution in [2.75, 3.05) is 9.80 Å². The van der Waals surface area contributed by atoms with Crippen molar-refractivity contribution >= 4 is 24.0 Å². The molecule has 0 N–H and O–H groups in total.